The van der Waals surface area contributed by atoms with Crippen molar-refractivity contribution in [2.24, 2.45) is 0 Å². The molecule has 2 rings (SSSR count). The average molecular weight is 376 g/mol. The van der Waals surface area contributed by atoms with Crippen LogP contribution in [0.1, 0.15) is 27.1 Å². The van der Waals surface area contributed by atoms with Crippen molar-refractivity contribution in [2.75, 3.05) is 26.8 Å². The van der Waals surface area contributed by atoms with Gasteiger partial charge in [-0.15, -0.1) is 0 Å². The molecular weight excluding hydrogens is 356 g/mol. The van der Waals surface area contributed by atoms with E-state index in [1.54, 1.807) is 18.2 Å². The molecule has 1 fully saturated rings. The summed E-state index contributed by atoms with van der Waals surface area (Å²) < 4.78 is 9.69. The molecule has 1 unspecified atom stereocenters. The number of nitrogens with zero attached hydrogens (tertiary/aromatic N) is 1. The fourth-order valence-electron chi connectivity index (χ4n) is 2.58. The van der Waals surface area contributed by atoms with E-state index in [1.807, 2.05) is 0 Å². The molecule has 0 aromatic heterocycles. The lowest BCUT2D eigenvalue weighted by Gasteiger charge is -2.23. The van der Waals surface area contributed by atoms with E-state index in [4.69, 9.17) is 17.0 Å². The third-order valence-electron chi connectivity index (χ3n) is 3.85. The average Bonchev–Trinajstić information content (AvgIpc) is 3.04. The Hall–Kier alpha value is -2.74. The predicted octanol–water partition coefficient (Wildman–Crippen LogP) is 1.97. The Kier molecular flexibility index (Phi) is 6.85. The van der Waals surface area contributed by atoms with Crippen molar-refractivity contribution >= 4 is 35.1 Å². The lowest BCUT2D eigenvalue weighted by molar-refractivity contribution is 0.0600. The molecule has 138 valence electrons. The van der Waals surface area contributed by atoms with Crippen molar-refractivity contribution in [1.82, 2.24) is 10.2 Å². The highest BCUT2D eigenvalue weighted by Gasteiger charge is 2.33. The molecule has 0 radical (unpaired) electrons. The number of ether oxygens (including phenoxy) is 2. The Morgan fingerprint density at radius 3 is 2.81 bits per heavy atom. The monoisotopic (exact) mass is 376 g/mol. The van der Waals surface area contributed by atoms with Crippen molar-refractivity contribution in [3.05, 3.63) is 48.0 Å². The zero-order chi connectivity index (χ0) is 19.1. The molecule has 1 heterocycles. The number of hydrogen-bond acceptors (Lipinski definition) is 6. The fourth-order valence-corrected chi connectivity index (χ4v) is 2.92. The van der Waals surface area contributed by atoms with Crippen LogP contribution >= 0.6 is 12.2 Å². The van der Waals surface area contributed by atoms with Crippen LogP contribution < -0.4 is 5.32 Å². The van der Waals surface area contributed by atoms with Crippen LogP contribution in [0.25, 0.3) is 0 Å². The predicted molar refractivity (Wildman–Crippen MR) is 99.4 cm³/mol. The summed E-state index contributed by atoms with van der Waals surface area (Å²) >= 11 is 5.20. The standard InChI is InChI=1S/C18H20N2O5S/c1-3-7-25-18(23)20-11-15(26)9-14(20)10-19-16(21)12-5-4-6-13(8-12)17(22)24-2/h3-6,8,14H,1,7,9-11H2,2H3,(H,19,21). The van der Waals surface area contributed by atoms with Gasteiger partial charge >= 0.3 is 12.1 Å². The maximum atomic E-state index is 12.4. The Balaban J connectivity index is 1.99. The Morgan fingerprint density at radius 1 is 1.38 bits per heavy atom. The second-order valence-corrected chi connectivity index (χ2v) is 6.25. The number of amides is 2. The molecule has 26 heavy (non-hydrogen) atoms. The quantitative estimate of drug-likeness (QED) is 0.464. The van der Waals surface area contributed by atoms with Crippen molar-refractivity contribution in [1.29, 1.82) is 0 Å². The first-order valence-corrected chi connectivity index (χ1v) is 8.39. The van der Waals surface area contributed by atoms with Gasteiger partial charge in [-0.25, -0.2) is 9.59 Å². The van der Waals surface area contributed by atoms with Gasteiger partial charge in [-0.05, 0) is 18.2 Å². The molecule has 1 aromatic carbocycles. The van der Waals surface area contributed by atoms with Gasteiger partial charge in [0.1, 0.15) is 6.61 Å². The van der Waals surface area contributed by atoms with Gasteiger partial charge < -0.3 is 14.8 Å². The Morgan fingerprint density at radius 2 is 2.12 bits per heavy atom. The summed E-state index contributed by atoms with van der Waals surface area (Å²) in [6, 6.07) is 5.95. The highest BCUT2D eigenvalue weighted by molar-refractivity contribution is 7.80. The summed E-state index contributed by atoms with van der Waals surface area (Å²) in [6.45, 7) is 4.16. The normalized spacial score (nSPS) is 16.1. The van der Waals surface area contributed by atoms with Gasteiger partial charge in [0.25, 0.3) is 5.91 Å². The molecule has 0 bridgehead atoms. The van der Waals surface area contributed by atoms with Crippen LogP contribution in [0.5, 0.6) is 0 Å². The van der Waals surface area contributed by atoms with Gasteiger partial charge in [0, 0.05) is 23.4 Å². The zero-order valence-electron chi connectivity index (χ0n) is 14.4. The third-order valence-corrected chi connectivity index (χ3v) is 4.15. The molecule has 2 amide bonds. The van der Waals surface area contributed by atoms with Crippen LogP contribution in [0.3, 0.4) is 0 Å². The van der Waals surface area contributed by atoms with Crippen molar-refractivity contribution in [3.8, 4) is 0 Å². The second kappa shape index (κ2) is 9.10. The number of thiocarbonyl (C=S) groups is 1. The number of esters is 1. The summed E-state index contributed by atoms with van der Waals surface area (Å²) in [5, 5.41) is 2.77. The van der Waals surface area contributed by atoms with Gasteiger partial charge in [0.05, 0.1) is 25.3 Å². The number of methoxy groups -OCH3 is 1. The molecule has 1 atom stereocenters. The molecule has 8 heteroatoms. The summed E-state index contributed by atoms with van der Waals surface area (Å²) in [4.78, 5) is 38.2. The molecular formula is C18H20N2O5S. The summed E-state index contributed by atoms with van der Waals surface area (Å²) in [5.41, 5.74) is 0.617. The number of benzene rings is 1. The summed E-state index contributed by atoms with van der Waals surface area (Å²) in [7, 11) is 1.28. The van der Waals surface area contributed by atoms with E-state index in [0.717, 1.165) is 4.86 Å². The first-order chi connectivity index (χ1) is 12.5. The van der Waals surface area contributed by atoms with E-state index in [9.17, 15) is 14.4 Å². The van der Waals surface area contributed by atoms with Crippen LogP contribution in [0.4, 0.5) is 4.79 Å². The minimum atomic E-state index is -0.517. The van der Waals surface area contributed by atoms with Gasteiger partial charge in [-0.2, -0.15) is 0 Å². The third kappa shape index (κ3) is 4.89. The van der Waals surface area contributed by atoms with Crippen LogP contribution in [0, 0.1) is 0 Å². The molecule has 0 aliphatic carbocycles. The highest BCUT2D eigenvalue weighted by Crippen LogP contribution is 2.17. The van der Waals surface area contributed by atoms with Crippen molar-refractivity contribution in [2.45, 2.75) is 12.5 Å². The molecule has 1 aromatic rings. The van der Waals surface area contributed by atoms with E-state index >= 15 is 0 Å². The molecule has 1 N–H and O–H groups in total. The lowest BCUT2D eigenvalue weighted by atomic mass is 10.1. The summed E-state index contributed by atoms with van der Waals surface area (Å²) in [6.07, 6.45) is 1.51. The SMILES string of the molecule is C=CCOC(=O)N1CC(=S)CC1CNC(=O)c1cccc(C(=O)OC)c1. The van der Waals surface area contributed by atoms with Crippen molar-refractivity contribution in [3.63, 3.8) is 0 Å². The van der Waals surface area contributed by atoms with Gasteiger partial charge in [0.15, 0.2) is 0 Å². The molecule has 7 nitrogen and oxygen atoms in total. The minimum absolute atomic E-state index is 0.113. The number of likely N-dealkylation sites (tertiary alicyclic amines) is 1. The van der Waals surface area contributed by atoms with Crippen LogP contribution in [-0.2, 0) is 9.47 Å². The number of carbonyl (C=O) groups is 3. The Bertz CT molecular complexity index is 734. The summed E-state index contributed by atoms with van der Waals surface area (Å²) in [5.74, 6) is -0.870. The zero-order valence-corrected chi connectivity index (χ0v) is 15.2. The first-order valence-electron chi connectivity index (χ1n) is 7.98. The molecule has 1 saturated heterocycles. The maximum absolute atomic E-state index is 12.4. The topological polar surface area (TPSA) is 84.9 Å². The van der Waals surface area contributed by atoms with E-state index < -0.39 is 12.1 Å². The fraction of sp³-hybridized carbons (Fsp3) is 0.333. The van der Waals surface area contributed by atoms with E-state index in [2.05, 4.69) is 16.6 Å². The molecule has 1 aliphatic heterocycles. The van der Waals surface area contributed by atoms with Gasteiger partial charge in [-0.3, -0.25) is 9.69 Å². The second-order valence-electron chi connectivity index (χ2n) is 5.67. The van der Waals surface area contributed by atoms with Gasteiger partial charge in [0.2, 0.25) is 0 Å². The van der Waals surface area contributed by atoms with E-state index in [0.29, 0.717) is 18.5 Å². The van der Waals surface area contributed by atoms with Crippen LogP contribution in [0.2, 0.25) is 0 Å². The number of hydrogen-bond donors (Lipinski definition) is 1. The number of carbonyl (C=O) groups excluding carboxylic acids is 3. The van der Waals surface area contributed by atoms with Gasteiger partial charge in [-0.1, -0.05) is 30.9 Å². The Labute approximate surface area is 156 Å². The number of rotatable bonds is 6. The first kappa shape index (κ1) is 19.6. The van der Waals surface area contributed by atoms with Crippen LogP contribution in [-0.4, -0.2) is 60.6 Å². The largest absolute Gasteiger partial charge is 0.465 e. The van der Waals surface area contributed by atoms with E-state index in [1.165, 1.54) is 24.2 Å². The highest BCUT2D eigenvalue weighted by atomic mass is 32.1. The molecule has 0 spiro atoms. The molecule has 1 aliphatic rings. The lowest BCUT2D eigenvalue weighted by Crippen LogP contribution is -2.43. The van der Waals surface area contributed by atoms with Crippen LogP contribution in [0.15, 0.2) is 36.9 Å². The smallest absolute Gasteiger partial charge is 0.410 e. The number of nitrogens with one attached hydrogen (secondary N) is 1. The minimum Gasteiger partial charge on any atom is -0.465 e. The van der Waals surface area contributed by atoms with Crippen molar-refractivity contribution < 1.29 is 23.9 Å². The maximum Gasteiger partial charge on any atom is 0.410 e. The van der Waals surface area contributed by atoms with E-state index in [-0.39, 0.29) is 30.7 Å². The molecule has 0 saturated carbocycles.